The number of hydrogen-bond acceptors (Lipinski definition) is 4. The third kappa shape index (κ3) is 7.39. The number of halogens is 1. The first-order valence-electron chi connectivity index (χ1n) is 12.1. The van der Waals surface area contributed by atoms with E-state index in [9.17, 15) is 22.4 Å². The van der Waals surface area contributed by atoms with E-state index in [1.165, 1.54) is 29.2 Å². The summed E-state index contributed by atoms with van der Waals surface area (Å²) in [6.07, 6.45) is 0.480. The number of rotatable bonds is 11. The van der Waals surface area contributed by atoms with E-state index in [-0.39, 0.29) is 29.1 Å². The highest BCUT2D eigenvalue weighted by Crippen LogP contribution is 2.24. The van der Waals surface area contributed by atoms with Crippen LogP contribution in [-0.4, -0.2) is 50.3 Å². The highest BCUT2D eigenvalue weighted by molar-refractivity contribution is 7.92. The molecule has 0 spiro atoms. The van der Waals surface area contributed by atoms with E-state index in [0.717, 1.165) is 22.0 Å². The van der Waals surface area contributed by atoms with Crippen LogP contribution in [0.5, 0.6) is 0 Å². The minimum absolute atomic E-state index is 0.00596. The Balaban J connectivity index is 1.95. The highest BCUT2D eigenvalue weighted by Gasteiger charge is 2.32. The van der Waals surface area contributed by atoms with E-state index >= 15 is 0 Å². The molecule has 0 bridgehead atoms. The first kappa shape index (κ1) is 27.9. The Morgan fingerprint density at radius 2 is 1.43 bits per heavy atom. The van der Waals surface area contributed by atoms with Gasteiger partial charge in [0.2, 0.25) is 11.8 Å². The van der Waals surface area contributed by atoms with Crippen molar-refractivity contribution in [3.05, 3.63) is 96.3 Å². The molecule has 9 heteroatoms. The summed E-state index contributed by atoms with van der Waals surface area (Å²) in [4.78, 5) is 27.9. The topological polar surface area (TPSA) is 86.8 Å². The zero-order chi connectivity index (χ0) is 27.0. The lowest BCUT2D eigenvalue weighted by Gasteiger charge is -2.32. The molecule has 1 atom stereocenters. The van der Waals surface area contributed by atoms with Gasteiger partial charge >= 0.3 is 0 Å². The zero-order valence-electron chi connectivity index (χ0n) is 21.2. The minimum Gasteiger partial charge on any atom is -0.352 e. The first-order valence-corrected chi connectivity index (χ1v) is 13.5. The molecule has 7 nitrogen and oxygen atoms in total. The number of carbonyl (C=O) groups is 2. The lowest BCUT2D eigenvalue weighted by atomic mass is 10.1. The van der Waals surface area contributed by atoms with Crippen LogP contribution >= 0.6 is 0 Å². The van der Waals surface area contributed by atoms with Gasteiger partial charge in [-0.1, -0.05) is 48.5 Å². The van der Waals surface area contributed by atoms with Gasteiger partial charge in [-0.3, -0.25) is 13.9 Å². The van der Waals surface area contributed by atoms with Crippen molar-refractivity contribution >= 4 is 27.5 Å². The standard InChI is InChI=1S/C28H32FN3O4S/c1-21(2)30-28(34)22(3)31(19-18-23-10-6-4-7-11-23)27(33)20-32(25-16-14-24(29)15-17-25)37(35,36)26-12-8-5-9-13-26/h4-17,21-22H,18-20H2,1-3H3,(H,30,34)/t22-/m0/s1. The monoisotopic (exact) mass is 525 g/mol. The SMILES string of the molecule is CC(C)NC(=O)[C@H](C)N(CCc1ccccc1)C(=O)CN(c1ccc(F)cc1)S(=O)(=O)c1ccccc1. The van der Waals surface area contributed by atoms with Gasteiger partial charge in [0, 0.05) is 12.6 Å². The molecule has 37 heavy (non-hydrogen) atoms. The fourth-order valence-corrected chi connectivity index (χ4v) is 5.27. The molecule has 0 saturated heterocycles. The molecule has 0 heterocycles. The van der Waals surface area contributed by atoms with Crippen LogP contribution in [0.2, 0.25) is 0 Å². The van der Waals surface area contributed by atoms with Crippen molar-refractivity contribution in [2.45, 2.75) is 44.2 Å². The number of sulfonamides is 1. The predicted octanol–water partition coefficient (Wildman–Crippen LogP) is 4.01. The van der Waals surface area contributed by atoms with Crippen LogP contribution in [0.15, 0.2) is 89.8 Å². The molecule has 3 rings (SSSR count). The molecule has 0 aliphatic heterocycles. The van der Waals surface area contributed by atoms with Crippen LogP contribution < -0.4 is 9.62 Å². The second-order valence-electron chi connectivity index (χ2n) is 8.96. The van der Waals surface area contributed by atoms with Crippen LogP contribution in [0.25, 0.3) is 0 Å². The summed E-state index contributed by atoms with van der Waals surface area (Å²) in [5, 5.41) is 2.82. The third-order valence-electron chi connectivity index (χ3n) is 5.81. The fourth-order valence-electron chi connectivity index (χ4n) is 3.83. The number of benzene rings is 3. The maximum Gasteiger partial charge on any atom is 0.264 e. The largest absolute Gasteiger partial charge is 0.352 e. The number of anilines is 1. The Labute approximate surface area is 218 Å². The van der Waals surface area contributed by atoms with Gasteiger partial charge in [-0.25, -0.2) is 12.8 Å². The van der Waals surface area contributed by atoms with Crippen LogP contribution in [0.1, 0.15) is 26.3 Å². The van der Waals surface area contributed by atoms with E-state index in [2.05, 4.69) is 5.32 Å². The molecule has 3 aromatic rings. The number of nitrogens with zero attached hydrogens (tertiary/aromatic N) is 2. The van der Waals surface area contributed by atoms with Gasteiger partial charge in [-0.15, -0.1) is 0 Å². The van der Waals surface area contributed by atoms with Gasteiger partial charge < -0.3 is 10.2 Å². The molecule has 0 aromatic heterocycles. The average Bonchev–Trinajstić information content (AvgIpc) is 2.88. The average molecular weight is 526 g/mol. The summed E-state index contributed by atoms with van der Waals surface area (Å²) in [5.74, 6) is -1.42. The predicted molar refractivity (Wildman–Crippen MR) is 142 cm³/mol. The van der Waals surface area contributed by atoms with Crippen molar-refractivity contribution in [1.82, 2.24) is 10.2 Å². The van der Waals surface area contributed by atoms with E-state index in [0.29, 0.717) is 6.42 Å². The Morgan fingerprint density at radius 1 is 0.865 bits per heavy atom. The van der Waals surface area contributed by atoms with Crippen LogP contribution in [-0.2, 0) is 26.0 Å². The maximum atomic E-state index is 13.7. The molecule has 0 unspecified atom stereocenters. The summed E-state index contributed by atoms with van der Waals surface area (Å²) < 4.78 is 41.8. The molecular weight excluding hydrogens is 493 g/mol. The zero-order valence-corrected chi connectivity index (χ0v) is 22.0. The van der Waals surface area contributed by atoms with Crippen LogP contribution in [0.4, 0.5) is 10.1 Å². The van der Waals surface area contributed by atoms with Gasteiger partial charge in [0.15, 0.2) is 0 Å². The van der Waals surface area contributed by atoms with Crippen molar-refractivity contribution in [1.29, 1.82) is 0 Å². The normalized spacial score (nSPS) is 12.1. The second kappa shape index (κ2) is 12.5. The molecule has 0 radical (unpaired) electrons. The molecule has 196 valence electrons. The quantitative estimate of drug-likeness (QED) is 0.410. The third-order valence-corrected chi connectivity index (χ3v) is 7.60. The van der Waals surface area contributed by atoms with Crippen molar-refractivity contribution < 1.29 is 22.4 Å². The molecular formula is C28H32FN3O4S. The minimum atomic E-state index is -4.16. The molecule has 0 saturated carbocycles. The molecule has 3 aromatic carbocycles. The van der Waals surface area contributed by atoms with Gasteiger partial charge in [-0.05, 0) is 69.2 Å². The lowest BCUT2D eigenvalue weighted by molar-refractivity contribution is -0.139. The summed E-state index contributed by atoms with van der Waals surface area (Å²) in [5.41, 5.74) is 1.12. The van der Waals surface area contributed by atoms with Crippen LogP contribution in [0.3, 0.4) is 0 Å². The number of nitrogens with one attached hydrogen (secondary N) is 1. The van der Waals surface area contributed by atoms with Gasteiger partial charge in [-0.2, -0.15) is 0 Å². The number of amides is 2. The van der Waals surface area contributed by atoms with Crippen molar-refractivity contribution in [2.75, 3.05) is 17.4 Å². The molecule has 0 fully saturated rings. The van der Waals surface area contributed by atoms with Gasteiger partial charge in [0.05, 0.1) is 10.6 Å². The number of carbonyl (C=O) groups excluding carboxylic acids is 2. The first-order chi connectivity index (χ1) is 17.6. The molecule has 2 amide bonds. The smallest absolute Gasteiger partial charge is 0.264 e. The van der Waals surface area contributed by atoms with Crippen molar-refractivity contribution in [2.24, 2.45) is 0 Å². The van der Waals surface area contributed by atoms with E-state index in [1.54, 1.807) is 25.1 Å². The van der Waals surface area contributed by atoms with Gasteiger partial charge in [0.25, 0.3) is 10.0 Å². The van der Waals surface area contributed by atoms with Crippen molar-refractivity contribution in [3.63, 3.8) is 0 Å². The summed E-state index contributed by atoms with van der Waals surface area (Å²) in [6.45, 7) is 4.91. The fraction of sp³-hybridized carbons (Fsp3) is 0.286. The maximum absolute atomic E-state index is 13.7. The second-order valence-corrected chi connectivity index (χ2v) is 10.8. The van der Waals surface area contributed by atoms with Crippen LogP contribution in [0, 0.1) is 5.82 Å². The van der Waals surface area contributed by atoms with E-state index in [4.69, 9.17) is 0 Å². The van der Waals surface area contributed by atoms with Gasteiger partial charge in [0.1, 0.15) is 18.4 Å². The summed E-state index contributed by atoms with van der Waals surface area (Å²) in [6, 6.07) is 21.2. The molecule has 0 aliphatic carbocycles. The van der Waals surface area contributed by atoms with E-state index in [1.807, 2.05) is 44.2 Å². The Morgan fingerprint density at radius 3 is 2.00 bits per heavy atom. The highest BCUT2D eigenvalue weighted by atomic mass is 32.2. The molecule has 1 N–H and O–H groups in total. The summed E-state index contributed by atoms with van der Waals surface area (Å²) in [7, 11) is -4.16. The Bertz CT molecular complexity index is 1280. The Kier molecular flexibility index (Phi) is 9.41. The number of hydrogen-bond donors (Lipinski definition) is 1. The van der Waals surface area contributed by atoms with Crippen molar-refractivity contribution in [3.8, 4) is 0 Å². The summed E-state index contributed by atoms with van der Waals surface area (Å²) >= 11 is 0. The van der Waals surface area contributed by atoms with E-state index < -0.39 is 34.3 Å². The Hall–Kier alpha value is -3.72. The lowest BCUT2D eigenvalue weighted by Crippen LogP contribution is -2.53. The molecule has 0 aliphatic rings.